The second-order valence-electron chi connectivity index (χ2n) is 9.54. The first kappa shape index (κ1) is 23.6. The fourth-order valence-electron chi connectivity index (χ4n) is 4.19. The van der Waals surface area contributed by atoms with E-state index in [9.17, 15) is 14.4 Å². The number of ether oxygens (including phenoxy) is 1. The Morgan fingerprint density at radius 1 is 1.12 bits per heavy atom. The lowest BCUT2D eigenvalue weighted by atomic mass is 10.0. The van der Waals surface area contributed by atoms with Gasteiger partial charge < -0.3 is 19.5 Å². The van der Waals surface area contributed by atoms with Gasteiger partial charge in [-0.1, -0.05) is 6.07 Å². The quantitative estimate of drug-likeness (QED) is 0.561. The van der Waals surface area contributed by atoms with Gasteiger partial charge in [0.25, 0.3) is 5.91 Å². The molecule has 0 atom stereocenters. The minimum Gasteiger partial charge on any atom is -0.444 e. The Hall–Kier alpha value is -3.56. The number of hydrogen-bond acceptors (Lipinski definition) is 5. The highest BCUT2D eigenvalue weighted by atomic mass is 16.6. The molecular weight excluding hydrogens is 436 g/mol. The van der Waals surface area contributed by atoms with Crippen LogP contribution < -0.4 is 11.0 Å². The molecule has 0 unspecified atom stereocenters. The second-order valence-corrected chi connectivity index (χ2v) is 9.54. The zero-order chi connectivity index (χ0) is 24.3. The van der Waals surface area contributed by atoms with Gasteiger partial charge in [-0.05, 0) is 64.3 Å². The summed E-state index contributed by atoms with van der Waals surface area (Å²) in [5.41, 5.74) is 0.500. The average molecular weight is 469 g/mol. The summed E-state index contributed by atoms with van der Waals surface area (Å²) in [5.74, 6) is -0.151. The van der Waals surface area contributed by atoms with E-state index in [4.69, 9.17) is 4.74 Å². The minimum atomic E-state index is -0.515. The molecule has 1 saturated heterocycles. The number of nitrogens with one attached hydrogen (secondary N) is 1. The first-order valence-electron chi connectivity index (χ1n) is 11.7. The molecular formula is C24H32N6O4. The Morgan fingerprint density at radius 2 is 1.88 bits per heavy atom. The molecule has 182 valence electrons. The van der Waals surface area contributed by atoms with Gasteiger partial charge in [-0.15, -0.1) is 5.10 Å². The number of carbonyl (C=O) groups excluding carboxylic acids is 2. The molecule has 0 bridgehead atoms. The second kappa shape index (κ2) is 9.74. The van der Waals surface area contributed by atoms with E-state index in [1.165, 1.54) is 9.08 Å². The summed E-state index contributed by atoms with van der Waals surface area (Å²) >= 11 is 0. The third-order valence-corrected chi connectivity index (χ3v) is 5.84. The van der Waals surface area contributed by atoms with Crippen LogP contribution in [0.2, 0.25) is 0 Å². The largest absolute Gasteiger partial charge is 0.444 e. The fourth-order valence-corrected chi connectivity index (χ4v) is 4.19. The number of fused-ring (bicyclic) bond motifs is 1. The number of aryl methyl sites for hydroxylation is 1. The molecule has 0 saturated carbocycles. The fraction of sp³-hybridized carbons (Fsp3) is 0.500. The van der Waals surface area contributed by atoms with Crippen molar-refractivity contribution >= 4 is 17.6 Å². The van der Waals surface area contributed by atoms with Crippen LogP contribution in [-0.2, 0) is 11.3 Å². The predicted octanol–water partition coefficient (Wildman–Crippen LogP) is 2.69. The Bertz CT molecular complexity index is 1210. The van der Waals surface area contributed by atoms with E-state index in [1.54, 1.807) is 23.2 Å². The van der Waals surface area contributed by atoms with Crippen molar-refractivity contribution in [2.24, 2.45) is 0 Å². The lowest BCUT2D eigenvalue weighted by Gasteiger charge is -2.34. The summed E-state index contributed by atoms with van der Waals surface area (Å²) in [6.45, 7) is 7.61. The smallest absolute Gasteiger partial charge is 0.410 e. The van der Waals surface area contributed by atoms with Gasteiger partial charge in [-0.2, -0.15) is 0 Å². The summed E-state index contributed by atoms with van der Waals surface area (Å²) in [5, 5.41) is 7.25. The van der Waals surface area contributed by atoms with Crippen molar-refractivity contribution in [2.45, 2.75) is 58.2 Å². The normalized spacial score (nSPS) is 15.0. The molecule has 2 amide bonds. The van der Waals surface area contributed by atoms with Crippen molar-refractivity contribution in [2.75, 3.05) is 19.6 Å². The minimum absolute atomic E-state index is 0.144. The molecule has 3 aromatic rings. The average Bonchev–Trinajstić information content (AvgIpc) is 3.41. The molecule has 1 aliphatic rings. The maximum absolute atomic E-state index is 12.8. The number of piperidine rings is 1. The van der Waals surface area contributed by atoms with Crippen molar-refractivity contribution in [1.82, 2.24) is 29.0 Å². The highest BCUT2D eigenvalue weighted by Crippen LogP contribution is 2.25. The van der Waals surface area contributed by atoms with E-state index in [1.807, 2.05) is 49.7 Å². The third-order valence-electron chi connectivity index (χ3n) is 5.84. The molecule has 0 spiro atoms. The topological polar surface area (TPSA) is 103 Å². The third kappa shape index (κ3) is 5.32. The molecule has 0 radical (unpaired) electrons. The number of nitrogens with zero attached hydrogens (tertiary/aromatic N) is 5. The van der Waals surface area contributed by atoms with Gasteiger partial charge in [0, 0.05) is 44.6 Å². The van der Waals surface area contributed by atoms with Crippen LogP contribution in [0.1, 0.15) is 56.6 Å². The van der Waals surface area contributed by atoms with E-state index in [0.717, 1.165) is 12.8 Å². The summed E-state index contributed by atoms with van der Waals surface area (Å²) in [4.78, 5) is 39.2. The Labute approximate surface area is 198 Å². The SMILES string of the molecule is CC(C)(C)OC(=O)N1CCC(n2cccc2C(=O)NCCCn2nc3ccccn3c2=O)CC1. The van der Waals surface area contributed by atoms with Crippen LogP contribution in [-0.4, -0.2) is 60.9 Å². The number of pyridine rings is 1. The van der Waals surface area contributed by atoms with E-state index >= 15 is 0 Å². The number of amides is 2. The molecule has 10 nitrogen and oxygen atoms in total. The molecule has 0 aromatic carbocycles. The van der Waals surface area contributed by atoms with Gasteiger partial charge in [-0.3, -0.25) is 9.20 Å². The van der Waals surface area contributed by atoms with E-state index in [0.29, 0.717) is 43.9 Å². The van der Waals surface area contributed by atoms with Gasteiger partial charge in [0.2, 0.25) is 0 Å². The molecule has 1 N–H and O–H groups in total. The maximum atomic E-state index is 12.8. The summed E-state index contributed by atoms with van der Waals surface area (Å²) in [6.07, 6.45) is 5.41. The van der Waals surface area contributed by atoms with Gasteiger partial charge >= 0.3 is 11.8 Å². The van der Waals surface area contributed by atoms with Gasteiger partial charge in [-0.25, -0.2) is 14.3 Å². The molecule has 4 rings (SSSR count). The standard InChI is InChI=1S/C24H32N6O4/c1-24(2,3)34-23(33)27-16-10-18(11-17-27)28-14-6-8-19(28)21(31)25-12-7-15-30-22(32)29-13-5-4-9-20(29)26-30/h4-6,8-9,13-14,18H,7,10-12,15-17H2,1-3H3,(H,25,31). The number of rotatable bonds is 6. The van der Waals surface area contributed by atoms with Crippen LogP contribution in [0.15, 0.2) is 47.5 Å². The van der Waals surface area contributed by atoms with Crippen molar-refractivity contribution in [3.05, 3.63) is 58.9 Å². The highest BCUT2D eigenvalue weighted by molar-refractivity contribution is 5.92. The van der Waals surface area contributed by atoms with Crippen LogP contribution in [0, 0.1) is 0 Å². The lowest BCUT2D eigenvalue weighted by molar-refractivity contribution is 0.0187. The van der Waals surface area contributed by atoms with Crippen LogP contribution in [0.3, 0.4) is 0 Å². The van der Waals surface area contributed by atoms with Gasteiger partial charge in [0.15, 0.2) is 5.65 Å². The number of aromatic nitrogens is 4. The summed E-state index contributed by atoms with van der Waals surface area (Å²) in [7, 11) is 0. The first-order chi connectivity index (χ1) is 16.2. The molecule has 4 heterocycles. The van der Waals surface area contributed by atoms with Crippen molar-refractivity contribution < 1.29 is 14.3 Å². The number of likely N-dealkylation sites (tertiary alicyclic amines) is 1. The number of hydrogen-bond donors (Lipinski definition) is 1. The predicted molar refractivity (Wildman–Crippen MR) is 127 cm³/mol. The van der Waals surface area contributed by atoms with Crippen LogP contribution >= 0.6 is 0 Å². The molecule has 0 aliphatic carbocycles. The van der Waals surface area contributed by atoms with Crippen LogP contribution in [0.4, 0.5) is 4.79 Å². The van der Waals surface area contributed by atoms with Crippen LogP contribution in [0.5, 0.6) is 0 Å². The molecule has 1 fully saturated rings. The molecule has 3 aromatic heterocycles. The van der Waals surface area contributed by atoms with Crippen molar-refractivity contribution in [3.8, 4) is 0 Å². The van der Waals surface area contributed by atoms with E-state index in [2.05, 4.69) is 10.4 Å². The van der Waals surface area contributed by atoms with Crippen molar-refractivity contribution in [1.29, 1.82) is 0 Å². The first-order valence-corrected chi connectivity index (χ1v) is 11.7. The van der Waals surface area contributed by atoms with Crippen molar-refractivity contribution in [3.63, 3.8) is 0 Å². The molecule has 10 heteroatoms. The van der Waals surface area contributed by atoms with E-state index < -0.39 is 5.60 Å². The Kier molecular flexibility index (Phi) is 6.76. The Morgan fingerprint density at radius 3 is 2.59 bits per heavy atom. The zero-order valence-electron chi connectivity index (χ0n) is 19.9. The number of carbonyl (C=O) groups is 2. The van der Waals surface area contributed by atoms with E-state index in [-0.39, 0.29) is 23.7 Å². The van der Waals surface area contributed by atoms with Gasteiger partial charge in [0.05, 0.1) is 0 Å². The van der Waals surface area contributed by atoms with Crippen LogP contribution in [0.25, 0.3) is 5.65 Å². The Balaban J connectivity index is 1.28. The summed E-state index contributed by atoms with van der Waals surface area (Å²) in [6, 6.07) is 9.23. The maximum Gasteiger partial charge on any atom is 0.410 e. The lowest BCUT2D eigenvalue weighted by Crippen LogP contribution is -2.42. The van der Waals surface area contributed by atoms with Gasteiger partial charge in [0.1, 0.15) is 11.3 Å². The molecule has 34 heavy (non-hydrogen) atoms. The monoisotopic (exact) mass is 468 g/mol. The highest BCUT2D eigenvalue weighted by Gasteiger charge is 2.28. The zero-order valence-corrected chi connectivity index (χ0v) is 19.9. The molecule has 1 aliphatic heterocycles. The summed E-state index contributed by atoms with van der Waals surface area (Å²) < 4.78 is 10.4.